The second kappa shape index (κ2) is 11.1. The summed E-state index contributed by atoms with van der Waals surface area (Å²) in [5, 5.41) is 14.7. The molecule has 0 aliphatic carbocycles. The Morgan fingerprint density at radius 3 is 1.94 bits per heavy atom. The molecule has 7 heteroatoms. The van der Waals surface area contributed by atoms with E-state index >= 15 is 0 Å². The Labute approximate surface area is 181 Å². The third-order valence-electron chi connectivity index (χ3n) is 4.71. The highest BCUT2D eigenvalue weighted by atomic mass is 16.4. The number of amides is 2. The fourth-order valence-corrected chi connectivity index (χ4v) is 3.20. The largest absolute Gasteiger partial charge is 0.480 e. The molecule has 0 unspecified atom stereocenters. The van der Waals surface area contributed by atoms with Crippen molar-refractivity contribution in [1.82, 2.24) is 10.6 Å². The van der Waals surface area contributed by atoms with E-state index in [1.807, 2.05) is 19.9 Å². The van der Waals surface area contributed by atoms with Gasteiger partial charge in [0.05, 0.1) is 0 Å². The van der Waals surface area contributed by atoms with Crippen LogP contribution in [0.5, 0.6) is 0 Å². The molecule has 0 saturated carbocycles. The first-order valence-electron chi connectivity index (χ1n) is 10.2. The number of hydrogen-bond acceptors (Lipinski definition) is 4. The molecule has 0 aromatic heterocycles. The summed E-state index contributed by atoms with van der Waals surface area (Å²) in [7, 11) is 0. The van der Waals surface area contributed by atoms with Crippen LogP contribution in [0.2, 0.25) is 0 Å². The van der Waals surface area contributed by atoms with Crippen molar-refractivity contribution in [3.8, 4) is 0 Å². The van der Waals surface area contributed by atoms with Crippen LogP contribution >= 0.6 is 0 Å². The molecule has 2 aromatic rings. The monoisotopic (exact) mass is 424 g/mol. The summed E-state index contributed by atoms with van der Waals surface area (Å²) in [4.78, 5) is 48.2. The molecule has 0 spiro atoms. The van der Waals surface area contributed by atoms with Gasteiger partial charge in [0.2, 0.25) is 11.8 Å². The molecule has 0 saturated heterocycles. The Hall–Kier alpha value is -3.48. The number of carbonyl (C=O) groups excluding carboxylic acids is 3. The van der Waals surface area contributed by atoms with E-state index < -0.39 is 24.0 Å². The minimum atomic E-state index is -1.18. The first-order chi connectivity index (χ1) is 14.7. The predicted octanol–water partition coefficient (Wildman–Crippen LogP) is 2.58. The Balaban J connectivity index is 2.08. The summed E-state index contributed by atoms with van der Waals surface area (Å²) in [6.45, 7) is 5.14. The molecule has 7 nitrogen and oxygen atoms in total. The predicted molar refractivity (Wildman–Crippen MR) is 117 cm³/mol. The minimum absolute atomic E-state index is 0.0509. The third-order valence-corrected chi connectivity index (χ3v) is 4.71. The molecular formula is C24H28N2O5. The molecule has 3 N–H and O–H groups in total. The van der Waals surface area contributed by atoms with E-state index in [1.54, 1.807) is 48.5 Å². The molecule has 2 amide bonds. The van der Waals surface area contributed by atoms with Gasteiger partial charge in [0.25, 0.3) is 0 Å². The highest BCUT2D eigenvalue weighted by Crippen LogP contribution is 2.13. The lowest BCUT2D eigenvalue weighted by Crippen LogP contribution is -2.52. The van der Waals surface area contributed by atoms with Crippen LogP contribution in [0.3, 0.4) is 0 Å². The highest BCUT2D eigenvalue weighted by molar-refractivity contribution is 6.08. The molecule has 2 rings (SSSR count). The van der Waals surface area contributed by atoms with Crippen molar-refractivity contribution in [2.24, 2.45) is 5.92 Å². The number of hydrogen-bond donors (Lipinski definition) is 3. The maximum absolute atomic E-state index is 12.6. The van der Waals surface area contributed by atoms with E-state index in [1.165, 1.54) is 6.92 Å². The van der Waals surface area contributed by atoms with E-state index in [0.717, 1.165) is 0 Å². The van der Waals surface area contributed by atoms with Crippen molar-refractivity contribution in [3.05, 3.63) is 71.3 Å². The molecule has 31 heavy (non-hydrogen) atoms. The number of carboxylic acids is 1. The average Bonchev–Trinajstić information content (AvgIpc) is 2.72. The Morgan fingerprint density at radius 1 is 0.839 bits per heavy atom. The van der Waals surface area contributed by atoms with Crippen LogP contribution < -0.4 is 10.6 Å². The van der Waals surface area contributed by atoms with Crippen molar-refractivity contribution in [3.63, 3.8) is 0 Å². The van der Waals surface area contributed by atoms with E-state index in [4.69, 9.17) is 0 Å². The number of benzene rings is 2. The normalized spacial score (nSPS) is 12.6. The maximum Gasteiger partial charge on any atom is 0.326 e. The number of rotatable bonds is 10. The van der Waals surface area contributed by atoms with Gasteiger partial charge in [-0.15, -0.1) is 0 Å². The van der Waals surface area contributed by atoms with Gasteiger partial charge in [-0.1, -0.05) is 68.4 Å². The zero-order chi connectivity index (χ0) is 23.0. The van der Waals surface area contributed by atoms with Gasteiger partial charge in [0.15, 0.2) is 5.78 Å². The van der Waals surface area contributed by atoms with Crippen molar-refractivity contribution in [1.29, 1.82) is 0 Å². The van der Waals surface area contributed by atoms with E-state index in [-0.39, 0.29) is 24.0 Å². The molecule has 0 aliphatic heterocycles. The quantitative estimate of drug-likeness (QED) is 0.508. The standard InChI is InChI=1S/C24H28N2O5/c1-15(2)13-20(25-16(3)27)23(29)26-21(24(30)31)14-17-9-11-19(12-10-17)22(28)18-7-5-4-6-8-18/h4-12,15,20-21H,13-14H2,1-3H3,(H,25,27)(H,26,29)(H,30,31)/t20-,21-/m0/s1. The van der Waals surface area contributed by atoms with Crippen LogP contribution in [0, 0.1) is 5.92 Å². The Kier molecular flexibility index (Phi) is 8.49. The van der Waals surface area contributed by atoms with Gasteiger partial charge in [-0.05, 0) is 17.9 Å². The molecule has 0 heterocycles. The van der Waals surface area contributed by atoms with Crippen LogP contribution in [0.25, 0.3) is 0 Å². The molecule has 164 valence electrons. The number of carbonyl (C=O) groups is 4. The molecule has 2 atom stereocenters. The summed E-state index contributed by atoms with van der Waals surface area (Å²) < 4.78 is 0. The van der Waals surface area contributed by atoms with Gasteiger partial charge >= 0.3 is 5.97 Å². The van der Waals surface area contributed by atoms with Crippen molar-refractivity contribution >= 4 is 23.6 Å². The SMILES string of the molecule is CC(=O)N[C@@H](CC(C)C)C(=O)N[C@@H](Cc1ccc(C(=O)c2ccccc2)cc1)C(=O)O. The van der Waals surface area contributed by atoms with Crippen LogP contribution in [0.4, 0.5) is 0 Å². The Morgan fingerprint density at radius 2 is 1.42 bits per heavy atom. The molecule has 0 fully saturated rings. The fourth-order valence-electron chi connectivity index (χ4n) is 3.20. The number of aliphatic carboxylic acids is 1. The number of carboxylic acid groups (broad SMARTS) is 1. The lowest BCUT2D eigenvalue weighted by Gasteiger charge is -2.22. The van der Waals surface area contributed by atoms with Gasteiger partial charge in [-0.3, -0.25) is 14.4 Å². The molecular weight excluding hydrogens is 396 g/mol. The molecule has 0 radical (unpaired) electrons. The highest BCUT2D eigenvalue weighted by Gasteiger charge is 2.26. The first kappa shape index (κ1) is 23.8. The van der Waals surface area contributed by atoms with Gasteiger partial charge in [0, 0.05) is 24.5 Å². The average molecular weight is 424 g/mol. The zero-order valence-electron chi connectivity index (χ0n) is 17.9. The summed E-state index contributed by atoms with van der Waals surface area (Å²) in [5.74, 6) is -2.05. The van der Waals surface area contributed by atoms with Gasteiger partial charge < -0.3 is 15.7 Å². The van der Waals surface area contributed by atoms with Crippen molar-refractivity contribution in [2.75, 3.05) is 0 Å². The lowest BCUT2D eigenvalue weighted by molar-refractivity contribution is -0.142. The Bertz CT molecular complexity index is 923. The van der Waals surface area contributed by atoms with Crippen molar-refractivity contribution < 1.29 is 24.3 Å². The zero-order valence-corrected chi connectivity index (χ0v) is 17.9. The first-order valence-corrected chi connectivity index (χ1v) is 10.2. The van der Waals surface area contributed by atoms with Crippen molar-refractivity contribution in [2.45, 2.75) is 45.7 Å². The van der Waals surface area contributed by atoms with E-state index in [2.05, 4.69) is 10.6 Å². The second-order valence-corrected chi connectivity index (χ2v) is 7.88. The van der Waals surface area contributed by atoms with E-state index in [9.17, 15) is 24.3 Å². The molecule has 0 aliphatic rings. The van der Waals surface area contributed by atoms with Crippen LogP contribution in [0.1, 0.15) is 48.7 Å². The van der Waals surface area contributed by atoms with Crippen LogP contribution in [0.15, 0.2) is 54.6 Å². The number of nitrogens with one attached hydrogen (secondary N) is 2. The number of ketones is 1. The van der Waals surface area contributed by atoms with E-state index in [0.29, 0.717) is 23.1 Å². The summed E-state index contributed by atoms with van der Waals surface area (Å²) >= 11 is 0. The van der Waals surface area contributed by atoms with Gasteiger partial charge in [-0.25, -0.2) is 4.79 Å². The second-order valence-electron chi connectivity index (χ2n) is 7.88. The van der Waals surface area contributed by atoms with Gasteiger partial charge in [0.1, 0.15) is 12.1 Å². The van der Waals surface area contributed by atoms with Gasteiger partial charge in [-0.2, -0.15) is 0 Å². The minimum Gasteiger partial charge on any atom is -0.480 e. The maximum atomic E-state index is 12.6. The summed E-state index contributed by atoms with van der Waals surface area (Å²) in [5.41, 5.74) is 1.73. The molecule has 2 aromatic carbocycles. The topological polar surface area (TPSA) is 113 Å². The molecule has 0 bridgehead atoms. The van der Waals surface area contributed by atoms with Crippen LogP contribution in [-0.2, 0) is 20.8 Å². The summed E-state index contributed by atoms with van der Waals surface area (Å²) in [6, 6.07) is 13.5. The van der Waals surface area contributed by atoms with Crippen LogP contribution in [-0.4, -0.2) is 40.8 Å². The summed E-state index contributed by atoms with van der Waals surface area (Å²) in [6.07, 6.45) is 0.448. The lowest BCUT2D eigenvalue weighted by atomic mass is 9.99. The smallest absolute Gasteiger partial charge is 0.326 e. The third kappa shape index (κ3) is 7.37. The fraction of sp³-hybridized carbons (Fsp3) is 0.333.